The minimum atomic E-state index is -0.994. The van der Waals surface area contributed by atoms with Crippen LogP contribution in [-0.4, -0.2) is 23.0 Å². The topological polar surface area (TPSA) is 66.4 Å². The van der Waals surface area contributed by atoms with Crippen LogP contribution in [0.5, 0.6) is 0 Å². The summed E-state index contributed by atoms with van der Waals surface area (Å²) < 4.78 is 0.809. The van der Waals surface area contributed by atoms with E-state index in [1.165, 1.54) is 0 Å². The summed E-state index contributed by atoms with van der Waals surface area (Å²) >= 11 is 2.05. The number of halogens is 1. The van der Waals surface area contributed by atoms with Crippen molar-refractivity contribution in [2.75, 3.05) is 0 Å². The molecule has 1 atom stereocenters. The van der Waals surface area contributed by atoms with Crippen LogP contribution in [-0.2, 0) is 4.79 Å². The Labute approximate surface area is 114 Å². The first-order valence-electron chi connectivity index (χ1n) is 5.34. The van der Waals surface area contributed by atoms with Crippen molar-refractivity contribution in [3.8, 4) is 0 Å². The quantitative estimate of drug-likeness (QED) is 0.803. The standard InChI is InChI=1S/C12H14INO3/c1-2-5-10(12(16)17)14-11(15)8-6-3-4-7-9(8)13/h3-4,6-7,10H,2,5H2,1H3,(H,14,15)(H,16,17)/t10-/m0/s1. The summed E-state index contributed by atoms with van der Waals surface area (Å²) in [4.78, 5) is 22.8. The predicted molar refractivity (Wildman–Crippen MR) is 73.0 cm³/mol. The molecular formula is C12H14INO3. The number of hydrogen-bond donors (Lipinski definition) is 2. The molecule has 0 saturated heterocycles. The average molecular weight is 347 g/mol. The van der Waals surface area contributed by atoms with Crippen molar-refractivity contribution < 1.29 is 14.7 Å². The third-order valence-electron chi connectivity index (χ3n) is 2.30. The molecule has 0 radical (unpaired) electrons. The van der Waals surface area contributed by atoms with Gasteiger partial charge in [-0.1, -0.05) is 25.5 Å². The fourth-order valence-electron chi connectivity index (χ4n) is 1.43. The second-order valence-electron chi connectivity index (χ2n) is 3.63. The van der Waals surface area contributed by atoms with Gasteiger partial charge >= 0.3 is 5.97 Å². The molecule has 17 heavy (non-hydrogen) atoms. The van der Waals surface area contributed by atoms with Crippen LogP contribution in [0.4, 0.5) is 0 Å². The Bertz CT molecular complexity index is 420. The number of carbonyl (C=O) groups is 2. The van der Waals surface area contributed by atoms with E-state index in [-0.39, 0.29) is 5.91 Å². The van der Waals surface area contributed by atoms with E-state index in [9.17, 15) is 9.59 Å². The van der Waals surface area contributed by atoms with E-state index < -0.39 is 12.0 Å². The molecule has 0 bridgehead atoms. The minimum Gasteiger partial charge on any atom is -0.480 e. The second-order valence-corrected chi connectivity index (χ2v) is 4.79. The molecule has 0 heterocycles. The highest BCUT2D eigenvalue weighted by Gasteiger charge is 2.20. The molecule has 1 aromatic rings. The summed E-state index contributed by atoms with van der Waals surface area (Å²) in [6.07, 6.45) is 1.15. The van der Waals surface area contributed by atoms with E-state index in [0.717, 1.165) is 3.57 Å². The Morgan fingerprint density at radius 1 is 1.41 bits per heavy atom. The molecule has 1 rings (SSSR count). The number of amides is 1. The zero-order valence-corrected chi connectivity index (χ0v) is 11.6. The van der Waals surface area contributed by atoms with Crippen LogP contribution >= 0.6 is 22.6 Å². The van der Waals surface area contributed by atoms with Crippen molar-refractivity contribution in [2.24, 2.45) is 0 Å². The van der Waals surface area contributed by atoms with Gasteiger partial charge in [0.25, 0.3) is 5.91 Å². The van der Waals surface area contributed by atoms with Crippen molar-refractivity contribution in [3.63, 3.8) is 0 Å². The highest BCUT2D eigenvalue weighted by molar-refractivity contribution is 14.1. The van der Waals surface area contributed by atoms with Gasteiger partial charge in [-0.05, 0) is 41.1 Å². The number of rotatable bonds is 5. The predicted octanol–water partition coefficient (Wildman–Crippen LogP) is 2.27. The molecular weight excluding hydrogens is 333 g/mol. The summed E-state index contributed by atoms with van der Waals surface area (Å²) in [5.74, 6) is -1.33. The van der Waals surface area contributed by atoms with Crippen LogP contribution in [0.1, 0.15) is 30.1 Å². The molecule has 5 heteroatoms. The molecule has 0 aliphatic carbocycles. The zero-order chi connectivity index (χ0) is 12.8. The fourth-order valence-corrected chi connectivity index (χ4v) is 2.06. The Kier molecular flexibility index (Phi) is 5.40. The van der Waals surface area contributed by atoms with Gasteiger partial charge in [0.1, 0.15) is 6.04 Å². The maximum absolute atomic E-state index is 11.9. The van der Waals surface area contributed by atoms with Crippen LogP contribution in [0.15, 0.2) is 24.3 Å². The molecule has 0 unspecified atom stereocenters. The summed E-state index contributed by atoms with van der Waals surface area (Å²) in [6, 6.07) is 6.27. The monoisotopic (exact) mass is 347 g/mol. The molecule has 0 spiro atoms. The minimum absolute atomic E-state index is 0.337. The van der Waals surface area contributed by atoms with Gasteiger partial charge in [-0.15, -0.1) is 0 Å². The van der Waals surface area contributed by atoms with Crippen LogP contribution in [0, 0.1) is 3.57 Å². The molecule has 4 nitrogen and oxygen atoms in total. The van der Waals surface area contributed by atoms with Gasteiger partial charge in [0.2, 0.25) is 0 Å². The normalized spacial score (nSPS) is 11.9. The Balaban J connectivity index is 2.77. The molecule has 1 aromatic carbocycles. The third-order valence-corrected chi connectivity index (χ3v) is 3.24. The highest BCUT2D eigenvalue weighted by Crippen LogP contribution is 2.11. The maximum Gasteiger partial charge on any atom is 0.326 e. The molecule has 0 aromatic heterocycles. The summed E-state index contributed by atoms with van der Waals surface area (Å²) in [6.45, 7) is 1.88. The smallest absolute Gasteiger partial charge is 0.326 e. The van der Waals surface area contributed by atoms with Gasteiger partial charge in [0, 0.05) is 3.57 Å². The van der Waals surface area contributed by atoms with Crippen LogP contribution < -0.4 is 5.32 Å². The van der Waals surface area contributed by atoms with Gasteiger partial charge in [-0.2, -0.15) is 0 Å². The number of carbonyl (C=O) groups excluding carboxylic acids is 1. The van der Waals surface area contributed by atoms with Crippen LogP contribution in [0.2, 0.25) is 0 Å². The lowest BCUT2D eigenvalue weighted by molar-refractivity contribution is -0.139. The van der Waals surface area contributed by atoms with E-state index in [4.69, 9.17) is 5.11 Å². The lowest BCUT2D eigenvalue weighted by atomic mass is 10.1. The van der Waals surface area contributed by atoms with E-state index in [0.29, 0.717) is 18.4 Å². The van der Waals surface area contributed by atoms with Gasteiger partial charge < -0.3 is 10.4 Å². The molecule has 1 amide bonds. The second kappa shape index (κ2) is 6.58. The summed E-state index contributed by atoms with van der Waals surface area (Å²) in [5, 5.41) is 11.5. The Hall–Kier alpha value is -1.11. The van der Waals surface area contributed by atoms with Crippen molar-refractivity contribution in [1.29, 1.82) is 0 Å². The highest BCUT2D eigenvalue weighted by atomic mass is 127. The van der Waals surface area contributed by atoms with Crippen molar-refractivity contribution in [3.05, 3.63) is 33.4 Å². The molecule has 92 valence electrons. The molecule has 0 fully saturated rings. The third kappa shape index (κ3) is 3.99. The number of hydrogen-bond acceptors (Lipinski definition) is 2. The molecule has 0 aliphatic rings. The largest absolute Gasteiger partial charge is 0.480 e. The van der Waals surface area contributed by atoms with E-state index in [1.54, 1.807) is 12.1 Å². The van der Waals surface area contributed by atoms with Crippen LogP contribution in [0.3, 0.4) is 0 Å². The maximum atomic E-state index is 11.9. The number of carboxylic acid groups (broad SMARTS) is 1. The van der Waals surface area contributed by atoms with Gasteiger partial charge in [0.05, 0.1) is 5.56 Å². The Morgan fingerprint density at radius 2 is 2.06 bits per heavy atom. The average Bonchev–Trinajstić information content (AvgIpc) is 2.28. The Morgan fingerprint density at radius 3 is 2.59 bits per heavy atom. The van der Waals surface area contributed by atoms with Gasteiger partial charge in [0.15, 0.2) is 0 Å². The van der Waals surface area contributed by atoms with Crippen LogP contribution in [0.25, 0.3) is 0 Å². The summed E-state index contributed by atoms with van der Waals surface area (Å²) in [7, 11) is 0. The van der Waals surface area contributed by atoms with Gasteiger partial charge in [-0.3, -0.25) is 4.79 Å². The zero-order valence-electron chi connectivity index (χ0n) is 9.44. The fraction of sp³-hybridized carbons (Fsp3) is 0.333. The van der Waals surface area contributed by atoms with Gasteiger partial charge in [-0.25, -0.2) is 4.79 Å². The van der Waals surface area contributed by atoms with E-state index >= 15 is 0 Å². The van der Waals surface area contributed by atoms with E-state index in [1.807, 2.05) is 19.1 Å². The van der Waals surface area contributed by atoms with Crippen molar-refractivity contribution in [2.45, 2.75) is 25.8 Å². The number of nitrogens with one attached hydrogen (secondary N) is 1. The molecule has 0 saturated carbocycles. The molecule has 2 N–H and O–H groups in total. The summed E-state index contributed by atoms with van der Waals surface area (Å²) in [5.41, 5.74) is 0.510. The lowest BCUT2D eigenvalue weighted by Crippen LogP contribution is -2.40. The lowest BCUT2D eigenvalue weighted by Gasteiger charge is -2.14. The first-order chi connectivity index (χ1) is 8.06. The van der Waals surface area contributed by atoms with Crippen molar-refractivity contribution >= 4 is 34.5 Å². The first kappa shape index (κ1) is 14.0. The first-order valence-corrected chi connectivity index (χ1v) is 6.42. The number of benzene rings is 1. The molecule has 0 aliphatic heterocycles. The SMILES string of the molecule is CCC[C@H](NC(=O)c1ccccc1I)C(=O)O. The number of aliphatic carboxylic acids is 1. The number of carboxylic acids is 1. The van der Waals surface area contributed by atoms with Crippen molar-refractivity contribution in [1.82, 2.24) is 5.32 Å². The van der Waals surface area contributed by atoms with E-state index in [2.05, 4.69) is 27.9 Å².